The van der Waals surface area contributed by atoms with Crippen LogP contribution < -0.4 is 0 Å². The average Bonchev–Trinajstić information content (AvgIpc) is 1.51. The summed E-state index contributed by atoms with van der Waals surface area (Å²) < 4.78 is 2.53. The lowest BCUT2D eigenvalue weighted by molar-refractivity contribution is 0.398. The summed E-state index contributed by atoms with van der Waals surface area (Å²) in [5, 5.41) is 2.47. The van der Waals surface area contributed by atoms with Crippen molar-refractivity contribution in [1.82, 2.24) is 19.5 Å². The molecule has 105 heavy (non-hydrogen) atoms. The van der Waals surface area contributed by atoms with Crippen LogP contribution in [0.1, 0.15) is 148 Å². The van der Waals surface area contributed by atoms with Crippen LogP contribution in [0.3, 0.4) is 0 Å². The number of aryl methyl sites for hydroxylation is 2. The highest BCUT2D eigenvalue weighted by atomic mass is 15.0. The molecule has 3 aliphatic carbocycles. The number of rotatable bonds is 22. The molecule has 15 aromatic rings. The Labute approximate surface area is 619 Å². The van der Waals surface area contributed by atoms with Crippen LogP contribution in [-0.2, 0) is 10.8 Å². The number of para-hydroxylation sites is 1. The van der Waals surface area contributed by atoms with E-state index in [2.05, 4.69) is 287 Å². The molecule has 512 valence electrons. The zero-order chi connectivity index (χ0) is 70.6. The second-order valence-electron chi connectivity index (χ2n) is 30.1. The molecule has 3 aliphatic rings. The number of hydrogen-bond donors (Lipinski definition) is 0. The Balaban J connectivity index is 0.730. The van der Waals surface area contributed by atoms with Crippen LogP contribution in [0, 0.1) is 13.8 Å². The molecule has 4 heteroatoms. The number of benzene rings is 13. The number of fused-ring (bicyclic) bond motifs is 16. The van der Waals surface area contributed by atoms with Crippen molar-refractivity contribution in [3.63, 3.8) is 0 Å². The number of nitrogens with zero attached hydrogens (tertiary/aromatic N) is 4. The smallest absolute Gasteiger partial charge is 0.164 e. The molecule has 0 aliphatic heterocycles. The van der Waals surface area contributed by atoms with Gasteiger partial charge in [0, 0.05) is 38.6 Å². The molecule has 4 nitrogen and oxygen atoms in total. The summed E-state index contributed by atoms with van der Waals surface area (Å²) >= 11 is 0. The van der Waals surface area contributed by atoms with Gasteiger partial charge in [0.2, 0.25) is 0 Å². The summed E-state index contributed by atoms with van der Waals surface area (Å²) in [6.45, 7) is 9.12. The van der Waals surface area contributed by atoms with E-state index in [1.807, 2.05) is 36.4 Å². The predicted octanol–water partition coefficient (Wildman–Crippen LogP) is 27.4. The molecule has 1 spiro atoms. The van der Waals surface area contributed by atoms with Gasteiger partial charge in [0.15, 0.2) is 17.5 Å². The van der Waals surface area contributed by atoms with Gasteiger partial charge in [0.1, 0.15) is 0 Å². The van der Waals surface area contributed by atoms with E-state index < -0.39 is 5.41 Å². The van der Waals surface area contributed by atoms with Crippen molar-refractivity contribution < 1.29 is 0 Å². The average molecular weight is 1360 g/mol. The Kier molecular flexibility index (Phi) is 17.3. The fourth-order valence-electron chi connectivity index (χ4n) is 18.4. The molecule has 0 bridgehead atoms. The molecule has 0 amide bonds. The SMILES string of the molecule is CCCCCCCCC1(CCCCCCCC)c2cc(-c3ccc(-c4ccc(C)cc4)cc3)ccc2-c2ccc(-c3cc(C)cc(-n4c5ccccc5c5cc(-c6ccc7c(c6)C6(c8ccccc8-c8ccccc86)c6cc(-c8nc(-c9ccccc9)nc(-c9ccccc9)n8)ccc6-7)ccc54)c3)cc21. The maximum Gasteiger partial charge on any atom is 0.164 e. The lowest BCUT2D eigenvalue weighted by atomic mass is 9.70. The first-order valence-corrected chi connectivity index (χ1v) is 38.8. The second-order valence-corrected chi connectivity index (χ2v) is 30.1. The highest BCUT2D eigenvalue weighted by Crippen LogP contribution is 2.64. The fourth-order valence-corrected chi connectivity index (χ4v) is 18.4. The monoisotopic (exact) mass is 1360 g/mol. The Bertz CT molecular complexity index is 5660. The van der Waals surface area contributed by atoms with E-state index in [1.54, 1.807) is 0 Å². The molecule has 0 saturated heterocycles. The van der Waals surface area contributed by atoms with Gasteiger partial charge in [-0.05, 0) is 198 Å². The number of hydrogen-bond acceptors (Lipinski definition) is 3. The van der Waals surface area contributed by atoms with Gasteiger partial charge in [-0.1, -0.05) is 333 Å². The molecule has 2 heterocycles. The molecule has 2 aromatic heterocycles. The first-order valence-electron chi connectivity index (χ1n) is 38.8. The molecule has 18 rings (SSSR count). The van der Waals surface area contributed by atoms with Gasteiger partial charge in [-0.15, -0.1) is 0 Å². The summed E-state index contributed by atoms with van der Waals surface area (Å²) in [5.74, 6) is 1.94. The molecule has 0 N–H and O–H groups in total. The van der Waals surface area contributed by atoms with Gasteiger partial charge in [-0.2, -0.15) is 0 Å². The van der Waals surface area contributed by atoms with Gasteiger partial charge in [0.25, 0.3) is 0 Å². The summed E-state index contributed by atoms with van der Waals surface area (Å²) in [5.41, 5.74) is 34.3. The van der Waals surface area contributed by atoms with Crippen LogP contribution >= 0.6 is 0 Å². The lowest BCUT2D eigenvalue weighted by Gasteiger charge is -2.33. The molecule has 0 unspecified atom stereocenters. The van der Waals surface area contributed by atoms with E-state index in [-0.39, 0.29) is 5.41 Å². The van der Waals surface area contributed by atoms with Gasteiger partial charge in [-0.25, -0.2) is 15.0 Å². The van der Waals surface area contributed by atoms with E-state index in [1.165, 1.54) is 227 Å². The van der Waals surface area contributed by atoms with Gasteiger partial charge >= 0.3 is 0 Å². The van der Waals surface area contributed by atoms with Crippen LogP contribution in [0.5, 0.6) is 0 Å². The van der Waals surface area contributed by atoms with Crippen molar-refractivity contribution in [2.45, 2.75) is 128 Å². The number of unbranched alkanes of at least 4 members (excludes halogenated alkanes) is 10. The summed E-state index contributed by atoms with van der Waals surface area (Å²) in [7, 11) is 0. The van der Waals surface area contributed by atoms with Crippen molar-refractivity contribution in [3.05, 3.63) is 336 Å². The predicted molar refractivity (Wildman–Crippen MR) is 440 cm³/mol. The number of aromatic nitrogens is 4. The topological polar surface area (TPSA) is 43.6 Å². The second kappa shape index (κ2) is 27.7. The van der Waals surface area contributed by atoms with Crippen LogP contribution in [-0.4, -0.2) is 19.5 Å². The Morgan fingerprint density at radius 2 is 0.648 bits per heavy atom. The molecular weight excluding hydrogens is 1270 g/mol. The molecule has 0 fully saturated rings. The summed E-state index contributed by atoms with van der Waals surface area (Å²) in [6.07, 6.45) is 17.7. The van der Waals surface area contributed by atoms with Crippen LogP contribution in [0.25, 0.3) is 140 Å². The van der Waals surface area contributed by atoms with Crippen molar-refractivity contribution >= 4 is 21.8 Å². The first kappa shape index (κ1) is 65.7. The maximum atomic E-state index is 5.27. The first-order chi connectivity index (χ1) is 51.8. The third kappa shape index (κ3) is 11.6. The van der Waals surface area contributed by atoms with Crippen LogP contribution in [0.15, 0.2) is 291 Å². The minimum Gasteiger partial charge on any atom is -0.309 e. The van der Waals surface area contributed by atoms with Gasteiger partial charge < -0.3 is 4.57 Å². The summed E-state index contributed by atoms with van der Waals surface area (Å²) in [4.78, 5) is 15.6. The molecule has 0 atom stereocenters. The molecule has 13 aromatic carbocycles. The Hall–Kier alpha value is -11.3. The lowest BCUT2D eigenvalue weighted by Crippen LogP contribution is -2.26. The van der Waals surface area contributed by atoms with Gasteiger partial charge in [0.05, 0.1) is 16.4 Å². The van der Waals surface area contributed by atoms with E-state index in [0.717, 1.165) is 29.5 Å². The molecular formula is C101H88N4. The van der Waals surface area contributed by atoms with Crippen molar-refractivity contribution in [3.8, 4) is 118 Å². The third-order valence-electron chi connectivity index (χ3n) is 23.6. The fraction of sp³-hybridized carbons (Fsp3) is 0.198. The Morgan fingerprint density at radius 3 is 1.22 bits per heavy atom. The van der Waals surface area contributed by atoms with E-state index in [0.29, 0.717) is 17.5 Å². The van der Waals surface area contributed by atoms with E-state index in [9.17, 15) is 0 Å². The molecule has 0 radical (unpaired) electrons. The van der Waals surface area contributed by atoms with Crippen molar-refractivity contribution in [1.29, 1.82) is 0 Å². The standard InChI is InChI=1S/C101H88N4/c1-5-7-9-11-13-27-57-100(58-28-14-12-10-8-6-2)91-63-75(71-45-43-70(44-46-71)69-41-39-67(3)40-42-69)47-52-83(91)84-53-49-77(64-92(84)100)79-59-68(4)60-80(61-79)105-95-38-26-23-35-87(95)88-62-74(51-56-96(88)105)76-48-54-85-86-55-50-78(99-103-97(72-29-17-15-18-30-72)102-98(104-99)73-31-19-16-20-32-73)66-94(86)101(93(85)65-76)89-36-24-21-33-81(89)82-34-22-25-37-90(82)101/h15-26,29-56,59-66H,5-14,27-28,57-58H2,1-4H3. The zero-order valence-electron chi connectivity index (χ0n) is 60.9. The normalized spacial score (nSPS) is 13.3. The van der Waals surface area contributed by atoms with Crippen LogP contribution in [0.2, 0.25) is 0 Å². The largest absolute Gasteiger partial charge is 0.309 e. The Morgan fingerprint density at radius 1 is 0.257 bits per heavy atom. The molecule has 0 saturated carbocycles. The van der Waals surface area contributed by atoms with Crippen molar-refractivity contribution in [2.75, 3.05) is 0 Å². The van der Waals surface area contributed by atoms with Gasteiger partial charge in [-0.3, -0.25) is 0 Å². The van der Waals surface area contributed by atoms with E-state index in [4.69, 9.17) is 15.0 Å². The maximum absolute atomic E-state index is 5.27. The third-order valence-corrected chi connectivity index (χ3v) is 23.6. The summed E-state index contributed by atoms with van der Waals surface area (Å²) in [6, 6.07) is 110. The highest BCUT2D eigenvalue weighted by molar-refractivity contribution is 6.11. The zero-order valence-corrected chi connectivity index (χ0v) is 60.9. The highest BCUT2D eigenvalue weighted by Gasteiger charge is 2.52. The van der Waals surface area contributed by atoms with Crippen LogP contribution in [0.4, 0.5) is 0 Å². The van der Waals surface area contributed by atoms with E-state index >= 15 is 0 Å². The van der Waals surface area contributed by atoms with Crippen molar-refractivity contribution in [2.24, 2.45) is 0 Å². The quantitative estimate of drug-likeness (QED) is 0.0635. The minimum atomic E-state index is -0.615. The minimum absolute atomic E-state index is 0.0956.